The van der Waals surface area contributed by atoms with E-state index in [0.717, 1.165) is 6.54 Å². The lowest BCUT2D eigenvalue weighted by atomic mass is 10.1. The van der Waals surface area contributed by atoms with E-state index in [1.807, 2.05) is 25.7 Å². The lowest BCUT2D eigenvalue weighted by Crippen LogP contribution is -2.51. The highest BCUT2D eigenvalue weighted by molar-refractivity contribution is 5.78. The molecule has 1 aliphatic rings. The van der Waals surface area contributed by atoms with Crippen LogP contribution in [0.2, 0.25) is 0 Å². The Balaban J connectivity index is 0. The zero-order chi connectivity index (χ0) is 28.1. The molecule has 1 rings (SSSR count). The van der Waals surface area contributed by atoms with Crippen LogP contribution in [0.1, 0.15) is 40.5 Å². The molecule has 4 N–H and O–H groups in total. The fourth-order valence-electron chi connectivity index (χ4n) is 3.68. The summed E-state index contributed by atoms with van der Waals surface area (Å²) in [6.45, 7) is 11.3. The Kier molecular flexibility index (Phi) is 21.4. The van der Waals surface area contributed by atoms with E-state index >= 15 is 0 Å². The maximum absolute atomic E-state index is 11.9. The zero-order valence-corrected chi connectivity index (χ0v) is 22.0. The zero-order valence-electron chi connectivity index (χ0n) is 22.0. The van der Waals surface area contributed by atoms with E-state index < -0.39 is 23.9 Å². The van der Waals surface area contributed by atoms with Gasteiger partial charge in [0.2, 0.25) is 0 Å². The predicted octanol–water partition coefficient (Wildman–Crippen LogP) is -0.0535. The highest BCUT2D eigenvalue weighted by atomic mass is 16.4. The Hall–Kier alpha value is -2.61. The molecule has 1 aliphatic heterocycles. The summed E-state index contributed by atoms with van der Waals surface area (Å²) in [5.74, 6) is -2.98. The second-order valence-corrected chi connectivity index (χ2v) is 8.01. The first-order valence-corrected chi connectivity index (χ1v) is 12.2. The first-order valence-electron chi connectivity index (χ1n) is 12.2. The van der Waals surface area contributed by atoms with Gasteiger partial charge in [0.25, 0.3) is 6.47 Å². The van der Waals surface area contributed by atoms with Crippen LogP contribution in [0.5, 0.6) is 0 Å². The van der Waals surface area contributed by atoms with Crippen LogP contribution in [0.4, 0.5) is 0 Å². The molecule has 0 saturated carbocycles. The quantitative estimate of drug-likeness (QED) is 0.282. The van der Waals surface area contributed by atoms with Crippen molar-refractivity contribution in [1.29, 1.82) is 0 Å². The van der Waals surface area contributed by atoms with Crippen LogP contribution in [0, 0.1) is 0 Å². The molecule has 1 heterocycles. The van der Waals surface area contributed by atoms with Gasteiger partial charge in [0.1, 0.15) is 11.8 Å². The lowest BCUT2D eigenvalue weighted by Gasteiger charge is -2.35. The Morgan fingerprint density at radius 3 is 1.47 bits per heavy atom. The number of hydrogen-bond donors (Lipinski definition) is 4. The van der Waals surface area contributed by atoms with Gasteiger partial charge in [-0.05, 0) is 19.9 Å². The van der Waals surface area contributed by atoms with Gasteiger partial charge in [0, 0.05) is 58.8 Å². The third-order valence-corrected chi connectivity index (χ3v) is 5.53. The second kappa shape index (κ2) is 21.7. The summed E-state index contributed by atoms with van der Waals surface area (Å²) in [5.41, 5.74) is 0. The lowest BCUT2D eigenvalue weighted by molar-refractivity contribution is -0.144. The molecular weight excluding hydrogens is 476 g/mol. The average molecular weight is 521 g/mol. The number of Topliss-reactive ketones (excluding diaryl/α,β-unsaturated/α-hetero) is 1. The molecule has 1 unspecified atom stereocenters. The topological polar surface area (TPSA) is 179 Å². The standard InChI is InChI=1S/C20H36N4O7.C2H6.CH2O2/c1-3-21-6-7-22(14-18(26)27)8-9-23(15-19(28)29)11-13-24(12-10-21)17(20(30)31)5-4-16(2)25;1-2;2-1-3/h17H,3-15H2,1-2H3,(H,26,27)(H,28,29)(H,30,31);1-2H3;1H,(H,2,3). The molecule has 0 aliphatic carbocycles. The highest BCUT2D eigenvalue weighted by Crippen LogP contribution is 2.10. The Morgan fingerprint density at radius 2 is 1.14 bits per heavy atom. The van der Waals surface area contributed by atoms with Gasteiger partial charge in [0.05, 0.1) is 13.1 Å². The van der Waals surface area contributed by atoms with Crippen LogP contribution >= 0.6 is 0 Å². The van der Waals surface area contributed by atoms with Gasteiger partial charge >= 0.3 is 17.9 Å². The maximum Gasteiger partial charge on any atom is 0.320 e. The first-order chi connectivity index (χ1) is 17.0. The summed E-state index contributed by atoms with van der Waals surface area (Å²) < 4.78 is 0. The summed E-state index contributed by atoms with van der Waals surface area (Å²) >= 11 is 0. The number of rotatable bonds is 10. The molecule has 36 heavy (non-hydrogen) atoms. The normalized spacial score (nSPS) is 17.6. The second-order valence-electron chi connectivity index (χ2n) is 8.01. The van der Waals surface area contributed by atoms with Gasteiger partial charge in [0.15, 0.2) is 0 Å². The molecule has 0 amide bonds. The molecule has 210 valence electrons. The number of nitrogens with zero attached hydrogens (tertiary/aromatic N) is 4. The van der Waals surface area contributed by atoms with Crippen molar-refractivity contribution in [3.63, 3.8) is 0 Å². The Labute approximate surface area is 213 Å². The molecule has 0 spiro atoms. The van der Waals surface area contributed by atoms with Crippen molar-refractivity contribution >= 4 is 30.2 Å². The molecule has 1 atom stereocenters. The average Bonchev–Trinajstić information content (AvgIpc) is 2.79. The molecule has 0 aromatic rings. The minimum Gasteiger partial charge on any atom is -0.483 e. The van der Waals surface area contributed by atoms with Crippen molar-refractivity contribution in [3.8, 4) is 0 Å². The van der Waals surface area contributed by atoms with Crippen molar-refractivity contribution in [2.45, 2.75) is 46.6 Å². The summed E-state index contributed by atoms with van der Waals surface area (Å²) in [4.78, 5) is 61.6. The van der Waals surface area contributed by atoms with Crippen LogP contribution in [0.25, 0.3) is 0 Å². The van der Waals surface area contributed by atoms with E-state index in [1.165, 1.54) is 6.92 Å². The molecule has 1 fully saturated rings. The van der Waals surface area contributed by atoms with Crippen LogP contribution in [0.15, 0.2) is 0 Å². The van der Waals surface area contributed by atoms with Crippen molar-refractivity contribution < 1.29 is 44.4 Å². The van der Waals surface area contributed by atoms with Gasteiger partial charge in [-0.25, -0.2) is 0 Å². The Morgan fingerprint density at radius 1 is 0.778 bits per heavy atom. The first kappa shape index (κ1) is 35.6. The Bertz CT molecular complexity index is 663. The number of ketones is 1. The molecule has 0 bridgehead atoms. The molecular formula is C23H44N4O9. The number of carboxylic acid groups (broad SMARTS) is 4. The predicted molar refractivity (Wildman–Crippen MR) is 133 cm³/mol. The fourth-order valence-corrected chi connectivity index (χ4v) is 3.68. The number of carboxylic acids is 3. The van der Waals surface area contributed by atoms with Crippen molar-refractivity contribution in [2.24, 2.45) is 0 Å². The molecule has 0 aromatic carbocycles. The number of hydrogen-bond acceptors (Lipinski definition) is 9. The maximum atomic E-state index is 11.9. The van der Waals surface area contributed by atoms with Gasteiger partial charge in [-0.3, -0.25) is 33.9 Å². The monoisotopic (exact) mass is 520 g/mol. The van der Waals surface area contributed by atoms with E-state index in [2.05, 4.69) is 4.90 Å². The number of aliphatic carboxylic acids is 3. The molecule has 13 heteroatoms. The third-order valence-electron chi connectivity index (χ3n) is 5.53. The van der Waals surface area contributed by atoms with E-state index in [1.54, 1.807) is 9.80 Å². The number of likely N-dealkylation sites (N-methyl/N-ethyl adjacent to an activating group) is 1. The molecule has 1 saturated heterocycles. The van der Waals surface area contributed by atoms with Gasteiger partial charge < -0.3 is 30.1 Å². The van der Waals surface area contributed by atoms with Crippen LogP contribution < -0.4 is 0 Å². The largest absolute Gasteiger partial charge is 0.483 e. The number of carbonyl (C=O) groups excluding carboxylic acids is 1. The summed E-state index contributed by atoms with van der Waals surface area (Å²) in [7, 11) is 0. The van der Waals surface area contributed by atoms with Crippen molar-refractivity contribution in [1.82, 2.24) is 19.6 Å². The molecule has 13 nitrogen and oxygen atoms in total. The highest BCUT2D eigenvalue weighted by Gasteiger charge is 2.27. The van der Waals surface area contributed by atoms with Crippen molar-refractivity contribution in [3.05, 3.63) is 0 Å². The molecule has 0 aromatic heterocycles. The van der Waals surface area contributed by atoms with E-state index in [9.17, 15) is 34.5 Å². The third kappa shape index (κ3) is 17.8. The fraction of sp³-hybridized carbons (Fsp3) is 0.783. The van der Waals surface area contributed by atoms with E-state index in [4.69, 9.17) is 9.90 Å². The van der Waals surface area contributed by atoms with Crippen LogP contribution in [-0.4, -0.2) is 148 Å². The summed E-state index contributed by atoms with van der Waals surface area (Å²) in [6, 6.07) is -0.819. The van der Waals surface area contributed by atoms with Crippen LogP contribution in [-0.2, 0) is 24.0 Å². The number of carbonyl (C=O) groups is 5. The van der Waals surface area contributed by atoms with Crippen molar-refractivity contribution in [2.75, 3.05) is 72.0 Å². The van der Waals surface area contributed by atoms with Gasteiger partial charge in [-0.1, -0.05) is 20.8 Å². The summed E-state index contributed by atoms with van der Waals surface area (Å²) in [6.07, 6.45) is 0.385. The van der Waals surface area contributed by atoms with Gasteiger partial charge in [-0.2, -0.15) is 0 Å². The minimum absolute atomic E-state index is 0.0678. The van der Waals surface area contributed by atoms with Crippen LogP contribution in [0.3, 0.4) is 0 Å². The summed E-state index contributed by atoms with van der Waals surface area (Å²) in [5, 5.41) is 35.0. The van der Waals surface area contributed by atoms with E-state index in [-0.39, 0.29) is 38.2 Å². The van der Waals surface area contributed by atoms with E-state index in [0.29, 0.717) is 52.4 Å². The SMILES string of the molecule is CC.CCN1CCN(CC(=O)O)CCN(CC(=O)O)CCN(C(CCC(C)=O)C(=O)O)CC1.O=CO. The minimum atomic E-state index is -0.994. The molecule has 0 radical (unpaired) electrons. The smallest absolute Gasteiger partial charge is 0.320 e. The van der Waals surface area contributed by atoms with Gasteiger partial charge in [-0.15, -0.1) is 0 Å².